The second kappa shape index (κ2) is 5.13. The number of hydrogen-bond acceptors (Lipinski definition) is 5. The number of nitro groups is 1. The van der Waals surface area contributed by atoms with Crippen LogP contribution in [-0.4, -0.2) is 34.0 Å². The summed E-state index contributed by atoms with van der Waals surface area (Å²) in [5.41, 5.74) is 0.0184. The van der Waals surface area contributed by atoms with E-state index in [1.54, 1.807) is 4.68 Å². The van der Waals surface area contributed by atoms with Crippen LogP contribution in [0.4, 0.5) is 11.5 Å². The summed E-state index contributed by atoms with van der Waals surface area (Å²) >= 11 is 0. The largest absolute Gasteiger partial charge is 0.376 e. The average molecular weight is 240 g/mol. The topological polar surface area (TPSA) is 82.2 Å². The van der Waals surface area contributed by atoms with Gasteiger partial charge in [0.25, 0.3) is 0 Å². The van der Waals surface area contributed by atoms with Gasteiger partial charge in [0, 0.05) is 19.7 Å². The summed E-state index contributed by atoms with van der Waals surface area (Å²) in [5.74, 6) is 0.326. The molecule has 0 saturated carbocycles. The van der Waals surface area contributed by atoms with Gasteiger partial charge in [0.1, 0.15) is 6.20 Å². The third-order valence-electron chi connectivity index (χ3n) is 2.78. The van der Waals surface area contributed by atoms with Crippen molar-refractivity contribution < 1.29 is 9.66 Å². The van der Waals surface area contributed by atoms with Crippen molar-refractivity contribution in [2.75, 3.05) is 18.5 Å². The fourth-order valence-electron chi connectivity index (χ4n) is 1.85. The van der Waals surface area contributed by atoms with E-state index in [2.05, 4.69) is 10.4 Å². The van der Waals surface area contributed by atoms with Gasteiger partial charge in [-0.2, -0.15) is 0 Å². The second-order valence-corrected chi connectivity index (χ2v) is 3.99. The normalized spacial score (nSPS) is 19.5. The third kappa shape index (κ3) is 2.73. The van der Waals surface area contributed by atoms with E-state index < -0.39 is 4.92 Å². The van der Waals surface area contributed by atoms with Crippen molar-refractivity contribution in [3.63, 3.8) is 0 Å². The number of nitrogens with zero attached hydrogens (tertiary/aromatic N) is 3. The molecular weight excluding hydrogens is 224 g/mol. The van der Waals surface area contributed by atoms with Crippen LogP contribution >= 0.6 is 0 Å². The Morgan fingerprint density at radius 2 is 2.59 bits per heavy atom. The van der Waals surface area contributed by atoms with Gasteiger partial charge in [-0.3, -0.25) is 14.8 Å². The molecule has 0 bridgehead atoms. The van der Waals surface area contributed by atoms with Gasteiger partial charge in [0.05, 0.1) is 11.0 Å². The van der Waals surface area contributed by atoms with Crippen molar-refractivity contribution in [2.24, 2.45) is 0 Å². The maximum Gasteiger partial charge on any atom is 0.330 e. The van der Waals surface area contributed by atoms with Crippen molar-refractivity contribution in [3.8, 4) is 0 Å². The van der Waals surface area contributed by atoms with Gasteiger partial charge in [-0.1, -0.05) is 0 Å². The van der Waals surface area contributed by atoms with Crippen molar-refractivity contribution >= 4 is 11.5 Å². The molecular formula is C10H16N4O3. The minimum Gasteiger partial charge on any atom is -0.376 e. The lowest BCUT2D eigenvalue weighted by molar-refractivity contribution is -0.384. The molecule has 0 aliphatic carbocycles. The molecule has 1 aromatic heterocycles. The summed E-state index contributed by atoms with van der Waals surface area (Å²) in [7, 11) is 0. The molecule has 1 N–H and O–H groups in total. The highest BCUT2D eigenvalue weighted by atomic mass is 16.6. The first-order valence-electron chi connectivity index (χ1n) is 5.78. The number of aryl methyl sites for hydroxylation is 1. The molecule has 0 radical (unpaired) electrons. The summed E-state index contributed by atoms with van der Waals surface area (Å²) < 4.78 is 6.99. The van der Waals surface area contributed by atoms with Crippen LogP contribution in [-0.2, 0) is 11.3 Å². The minimum atomic E-state index is -0.420. The first-order chi connectivity index (χ1) is 8.20. The molecule has 94 valence electrons. The number of anilines is 1. The summed E-state index contributed by atoms with van der Waals surface area (Å²) in [6, 6.07) is 0. The Kier molecular flexibility index (Phi) is 3.58. The molecule has 2 heterocycles. The van der Waals surface area contributed by atoms with Crippen molar-refractivity contribution in [1.29, 1.82) is 0 Å². The van der Waals surface area contributed by atoms with Crippen molar-refractivity contribution in [3.05, 3.63) is 16.3 Å². The highest BCUT2D eigenvalue weighted by molar-refractivity contribution is 5.54. The molecule has 1 atom stereocenters. The smallest absolute Gasteiger partial charge is 0.330 e. The zero-order valence-corrected chi connectivity index (χ0v) is 9.76. The van der Waals surface area contributed by atoms with E-state index in [4.69, 9.17) is 4.74 Å². The first kappa shape index (κ1) is 11.8. The van der Waals surface area contributed by atoms with Gasteiger partial charge < -0.3 is 10.1 Å². The van der Waals surface area contributed by atoms with Crippen LogP contribution in [0.25, 0.3) is 0 Å². The van der Waals surface area contributed by atoms with E-state index in [1.165, 1.54) is 6.20 Å². The van der Waals surface area contributed by atoms with Gasteiger partial charge in [0.15, 0.2) is 0 Å². The lowest BCUT2D eigenvalue weighted by atomic mass is 10.2. The number of rotatable bonds is 5. The molecule has 0 aromatic carbocycles. The van der Waals surface area contributed by atoms with Gasteiger partial charge in [-0.15, -0.1) is 5.10 Å². The second-order valence-electron chi connectivity index (χ2n) is 3.99. The van der Waals surface area contributed by atoms with Gasteiger partial charge in [0.2, 0.25) is 5.82 Å². The van der Waals surface area contributed by atoms with E-state index in [1.807, 2.05) is 6.92 Å². The summed E-state index contributed by atoms with van der Waals surface area (Å²) in [4.78, 5) is 10.4. The lowest BCUT2D eigenvalue weighted by Crippen LogP contribution is -2.19. The minimum absolute atomic E-state index is 0.0184. The standard InChI is InChI=1S/C10H16N4O3/c1-2-13-7-9(14(15)16)10(12-13)11-6-8-4-3-5-17-8/h7-8H,2-6H2,1H3,(H,11,12)/t8-/m1/s1. The SMILES string of the molecule is CCn1cc([N+](=O)[O-])c(NC[C@H]2CCCO2)n1. The molecule has 1 aliphatic heterocycles. The van der Waals surface area contributed by atoms with E-state index in [0.29, 0.717) is 18.9 Å². The highest BCUT2D eigenvalue weighted by Gasteiger charge is 2.21. The third-order valence-corrected chi connectivity index (χ3v) is 2.78. The Labute approximate surface area is 98.9 Å². The molecule has 0 spiro atoms. The molecule has 0 amide bonds. The van der Waals surface area contributed by atoms with Gasteiger partial charge >= 0.3 is 5.69 Å². The molecule has 1 fully saturated rings. The summed E-state index contributed by atoms with van der Waals surface area (Å²) in [5, 5.41) is 17.9. The monoisotopic (exact) mass is 240 g/mol. The van der Waals surface area contributed by atoms with Crippen molar-refractivity contribution in [1.82, 2.24) is 9.78 Å². The number of aromatic nitrogens is 2. The van der Waals surface area contributed by atoms with Gasteiger partial charge in [-0.05, 0) is 19.8 Å². The van der Waals surface area contributed by atoms with Crippen LogP contribution in [0.15, 0.2) is 6.20 Å². The maximum absolute atomic E-state index is 10.8. The van der Waals surface area contributed by atoms with Crippen LogP contribution in [0.3, 0.4) is 0 Å². The molecule has 1 aliphatic rings. The highest BCUT2D eigenvalue weighted by Crippen LogP contribution is 2.22. The Bertz CT molecular complexity index is 398. The molecule has 7 heteroatoms. The number of nitrogens with one attached hydrogen (secondary N) is 1. The van der Waals surface area contributed by atoms with E-state index in [-0.39, 0.29) is 11.8 Å². The maximum atomic E-state index is 10.8. The van der Waals surface area contributed by atoms with Crippen LogP contribution < -0.4 is 5.32 Å². The fourth-order valence-corrected chi connectivity index (χ4v) is 1.85. The number of ether oxygens (including phenoxy) is 1. The molecule has 0 unspecified atom stereocenters. The lowest BCUT2D eigenvalue weighted by Gasteiger charge is -2.09. The Morgan fingerprint density at radius 1 is 1.76 bits per heavy atom. The Balaban J connectivity index is 2.02. The molecule has 2 rings (SSSR count). The molecule has 7 nitrogen and oxygen atoms in total. The molecule has 1 saturated heterocycles. The predicted octanol–water partition coefficient (Wildman–Crippen LogP) is 1.40. The first-order valence-corrected chi connectivity index (χ1v) is 5.78. The number of hydrogen-bond donors (Lipinski definition) is 1. The van der Waals surface area contributed by atoms with E-state index >= 15 is 0 Å². The summed E-state index contributed by atoms with van der Waals surface area (Å²) in [6.45, 7) is 3.85. The van der Waals surface area contributed by atoms with Crippen LogP contribution in [0.5, 0.6) is 0 Å². The van der Waals surface area contributed by atoms with Crippen molar-refractivity contribution in [2.45, 2.75) is 32.4 Å². The van der Waals surface area contributed by atoms with Crippen LogP contribution in [0.2, 0.25) is 0 Å². The van der Waals surface area contributed by atoms with E-state index in [0.717, 1.165) is 19.4 Å². The Morgan fingerprint density at radius 3 is 3.18 bits per heavy atom. The van der Waals surface area contributed by atoms with Gasteiger partial charge in [-0.25, -0.2) is 0 Å². The fraction of sp³-hybridized carbons (Fsp3) is 0.700. The quantitative estimate of drug-likeness (QED) is 0.621. The predicted molar refractivity (Wildman–Crippen MR) is 62.0 cm³/mol. The molecule has 17 heavy (non-hydrogen) atoms. The molecule has 1 aromatic rings. The van der Waals surface area contributed by atoms with E-state index in [9.17, 15) is 10.1 Å². The van der Waals surface area contributed by atoms with Crippen LogP contribution in [0.1, 0.15) is 19.8 Å². The zero-order valence-electron chi connectivity index (χ0n) is 9.76. The average Bonchev–Trinajstić information content (AvgIpc) is 2.95. The Hall–Kier alpha value is -1.63. The summed E-state index contributed by atoms with van der Waals surface area (Å²) in [6.07, 6.45) is 3.63. The van der Waals surface area contributed by atoms with Crippen LogP contribution in [0, 0.1) is 10.1 Å². The zero-order chi connectivity index (χ0) is 12.3.